The van der Waals surface area contributed by atoms with Crippen molar-refractivity contribution in [3.05, 3.63) is 18.2 Å². The minimum atomic E-state index is 0.716. The molecular weight excluding hydrogens is 188 g/mol. The van der Waals surface area contributed by atoms with Gasteiger partial charge in [0.25, 0.3) is 0 Å². The molecule has 15 heavy (non-hydrogen) atoms. The Balaban J connectivity index is 2.40. The lowest BCUT2D eigenvalue weighted by atomic mass is 10.2. The first-order chi connectivity index (χ1) is 7.36. The van der Waals surface area contributed by atoms with Crippen molar-refractivity contribution in [3.63, 3.8) is 0 Å². The van der Waals surface area contributed by atoms with Gasteiger partial charge in [0.2, 0.25) is 0 Å². The third kappa shape index (κ3) is 1.87. The molecule has 3 heteroatoms. The van der Waals surface area contributed by atoms with E-state index >= 15 is 0 Å². The summed E-state index contributed by atoms with van der Waals surface area (Å²) in [6, 6.07) is 6.19. The van der Waals surface area contributed by atoms with Crippen LogP contribution in [0.1, 0.15) is 13.8 Å². The highest BCUT2D eigenvalue weighted by Crippen LogP contribution is 2.37. The number of hydrogen-bond donors (Lipinski definition) is 1. The molecule has 1 aromatic carbocycles. The predicted molar refractivity (Wildman–Crippen MR) is 64.0 cm³/mol. The molecule has 0 atom stereocenters. The molecule has 1 aromatic rings. The van der Waals surface area contributed by atoms with Crippen LogP contribution in [0.2, 0.25) is 0 Å². The highest BCUT2D eigenvalue weighted by Gasteiger charge is 2.18. The Bertz CT molecular complexity index is 338. The topological polar surface area (TPSA) is 24.5 Å². The van der Waals surface area contributed by atoms with E-state index in [1.54, 1.807) is 0 Å². The molecule has 0 bridgehead atoms. The summed E-state index contributed by atoms with van der Waals surface area (Å²) < 4.78 is 5.65. The van der Waals surface area contributed by atoms with E-state index in [1.807, 2.05) is 19.1 Å². The molecule has 82 valence electrons. The van der Waals surface area contributed by atoms with Crippen molar-refractivity contribution < 1.29 is 4.74 Å². The largest absolute Gasteiger partial charge is 0.492 e. The van der Waals surface area contributed by atoms with Gasteiger partial charge >= 0.3 is 0 Å². The zero-order chi connectivity index (χ0) is 10.7. The number of anilines is 2. The fraction of sp³-hybridized carbons (Fsp3) is 0.500. The molecule has 3 nitrogen and oxygen atoms in total. The lowest BCUT2D eigenvalue weighted by Gasteiger charge is -2.32. The van der Waals surface area contributed by atoms with Gasteiger partial charge < -0.3 is 15.0 Å². The molecule has 1 N–H and O–H groups in total. The van der Waals surface area contributed by atoms with Crippen LogP contribution in [0.4, 0.5) is 11.4 Å². The Morgan fingerprint density at radius 1 is 1.40 bits per heavy atom. The average molecular weight is 206 g/mol. The molecule has 1 aliphatic heterocycles. The summed E-state index contributed by atoms with van der Waals surface area (Å²) in [5.74, 6) is 0.990. The van der Waals surface area contributed by atoms with Crippen molar-refractivity contribution >= 4 is 11.4 Å². The van der Waals surface area contributed by atoms with E-state index < -0.39 is 0 Å². The second-order valence-electron chi connectivity index (χ2n) is 3.59. The summed E-state index contributed by atoms with van der Waals surface area (Å²) in [5.41, 5.74) is 2.40. The number of hydrogen-bond acceptors (Lipinski definition) is 3. The molecule has 0 aliphatic carbocycles. The van der Waals surface area contributed by atoms with Crippen LogP contribution in [-0.4, -0.2) is 26.2 Å². The standard InChI is InChI=1S/C12H18N2O/c1-3-14-9-8-13-10-6-5-7-11(12(10)14)15-4-2/h5-7,13H,3-4,8-9H2,1-2H3. The summed E-state index contributed by atoms with van der Waals surface area (Å²) >= 11 is 0. The summed E-state index contributed by atoms with van der Waals surface area (Å²) in [6.45, 7) is 8.00. The van der Waals surface area contributed by atoms with Crippen LogP contribution < -0.4 is 15.0 Å². The lowest BCUT2D eigenvalue weighted by Crippen LogP contribution is -2.34. The van der Waals surface area contributed by atoms with Crippen molar-refractivity contribution in [1.82, 2.24) is 0 Å². The van der Waals surface area contributed by atoms with Crippen molar-refractivity contribution in [3.8, 4) is 5.75 Å². The van der Waals surface area contributed by atoms with Gasteiger partial charge in [-0.2, -0.15) is 0 Å². The molecule has 1 aliphatic rings. The molecule has 1 heterocycles. The molecular formula is C12H18N2O. The number of ether oxygens (including phenoxy) is 1. The number of fused-ring (bicyclic) bond motifs is 1. The Labute approximate surface area is 91.0 Å². The molecule has 0 unspecified atom stereocenters. The number of rotatable bonds is 3. The van der Waals surface area contributed by atoms with Crippen LogP contribution in [0, 0.1) is 0 Å². The first-order valence-electron chi connectivity index (χ1n) is 5.61. The summed E-state index contributed by atoms with van der Waals surface area (Å²) in [5, 5.41) is 3.40. The van der Waals surface area contributed by atoms with Gasteiger partial charge in [0.15, 0.2) is 0 Å². The quantitative estimate of drug-likeness (QED) is 0.821. The highest BCUT2D eigenvalue weighted by atomic mass is 16.5. The van der Waals surface area contributed by atoms with Crippen molar-refractivity contribution in [1.29, 1.82) is 0 Å². The van der Waals surface area contributed by atoms with E-state index in [9.17, 15) is 0 Å². The zero-order valence-electron chi connectivity index (χ0n) is 9.42. The zero-order valence-corrected chi connectivity index (χ0v) is 9.42. The van der Waals surface area contributed by atoms with Crippen molar-refractivity contribution in [2.24, 2.45) is 0 Å². The third-order valence-electron chi connectivity index (χ3n) is 2.69. The fourth-order valence-corrected chi connectivity index (χ4v) is 2.02. The van der Waals surface area contributed by atoms with Crippen LogP contribution >= 0.6 is 0 Å². The number of benzene rings is 1. The fourth-order valence-electron chi connectivity index (χ4n) is 2.02. The molecule has 0 aromatic heterocycles. The van der Waals surface area contributed by atoms with Gasteiger partial charge in [-0.25, -0.2) is 0 Å². The highest BCUT2D eigenvalue weighted by molar-refractivity contribution is 5.78. The number of nitrogens with zero attached hydrogens (tertiary/aromatic N) is 1. The monoisotopic (exact) mass is 206 g/mol. The smallest absolute Gasteiger partial charge is 0.144 e. The van der Waals surface area contributed by atoms with Crippen LogP contribution in [0.25, 0.3) is 0 Å². The second kappa shape index (κ2) is 4.43. The van der Waals surface area contributed by atoms with Crippen molar-refractivity contribution in [2.45, 2.75) is 13.8 Å². The Hall–Kier alpha value is -1.38. The van der Waals surface area contributed by atoms with Gasteiger partial charge in [0.05, 0.1) is 12.3 Å². The Morgan fingerprint density at radius 2 is 2.27 bits per heavy atom. The van der Waals surface area contributed by atoms with E-state index in [2.05, 4.69) is 23.2 Å². The molecule has 0 saturated heterocycles. The maximum absolute atomic E-state index is 5.65. The summed E-state index contributed by atoms with van der Waals surface area (Å²) in [4.78, 5) is 2.36. The minimum Gasteiger partial charge on any atom is -0.492 e. The Morgan fingerprint density at radius 3 is 3.00 bits per heavy atom. The molecule has 0 spiro atoms. The first kappa shape index (κ1) is 10.1. The van der Waals surface area contributed by atoms with Gasteiger partial charge in [0.1, 0.15) is 11.4 Å². The number of nitrogens with one attached hydrogen (secondary N) is 1. The molecule has 0 radical (unpaired) electrons. The molecule has 0 amide bonds. The van der Waals surface area contributed by atoms with Crippen LogP contribution in [0.15, 0.2) is 18.2 Å². The lowest BCUT2D eigenvalue weighted by molar-refractivity contribution is 0.340. The normalized spacial score (nSPS) is 14.4. The third-order valence-corrected chi connectivity index (χ3v) is 2.69. The number of likely N-dealkylation sites (N-methyl/N-ethyl adjacent to an activating group) is 1. The van der Waals surface area contributed by atoms with Crippen LogP contribution in [-0.2, 0) is 0 Å². The number of para-hydroxylation sites is 1. The summed E-state index contributed by atoms with van der Waals surface area (Å²) in [6.07, 6.45) is 0. The van der Waals surface area contributed by atoms with E-state index in [0.29, 0.717) is 6.61 Å². The molecule has 0 saturated carbocycles. The van der Waals surface area contributed by atoms with Gasteiger partial charge in [-0.3, -0.25) is 0 Å². The van der Waals surface area contributed by atoms with Crippen LogP contribution in [0.5, 0.6) is 5.75 Å². The Kier molecular flexibility index (Phi) is 2.99. The van der Waals surface area contributed by atoms with E-state index in [1.165, 1.54) is 11.4 Å². The maximum atomic E-state index is 5.65. The van der Waals surface area contributed by atoms with Crippen LogP contribution in [0.3, 0.4) is 0 Å². The van der Waals surface area contributed by atoms with Gasteiger partial charge in [-0.15, -0.1) is 0 Å². The van der Waals surface area contributed by atoms with E-state index in [4.69, 9.17) is 4.74 Å². The average Bonchev–Trinajstić information content (AvgIpc) is 2.29. The van der Waals surface area contributed by atoms with Crippen molar-refractivity contribution in [2.75, 3.05) is 36.5 Å². The minimum absolute atomic E-state index is 0.716. The summed E-state index contributed by atoms with van der Waals surface area (Å²) in [7, 11) is 0. The second-order valence-corrected chi connectivity index (χ2v) is 3.59. The first-order valence-corrected chi connectivity index (χ1v) is 5.61. The predicted octanol–water partition coefficient (Wildman–Crippen LogP) is 2.34. The SMILES string of the molecule is CCOc1cccc2c1N(CC)CCN2. The van der Waals surface area contributed by atoms with Gasteiger partial charge in [-0.1, -0.05) is 6.07 Å². The molecule has 2 rings (SSSR count). The van der Waals surface area contributed by atoms with Gasteiger partial charge in [-0.05, 0) is 26.0 Å². The van der Waals surface area contributed by atoms with E-state index in [0.717, 1.165) is 25.4 Å². The molecule has 0 fully saturated rings. The van der Waals surface area contributed by atoms with E-state index in [-0.39, 0.29) is 0 Å². The van der Waals surface area contributed by atoms with Gasteiger partial charge in [0, 0.05) is 19.6 Å². The maximum Gasteiger partial charge on any atom is 0.144 e.